The van der Waals surface area contributed by atoms with E-state index in [9.17, 15) is 13.6 Å². The average molecular weight is 300 g/mol. The molecule has 0 radical (unpaired) electrons. The Balaban J connectivity index is 2.04. The number of anilines is 1. The van der Waals surface area contributed by atoms with Gasteiger partial charge in [0.15, 0.2) is 0 Å². The van der Waals surface area contributed by atoms with Crippen LogP contribution in [0.3, 0.4) is 0 Å². The van der Waals surface area contributed by atoms with Crippen molar-refractivity contribution in [2.45, 2.75) is 6.61 Å². The molecule has 0 spiro atoms. The lowest BCUT2D eigenvalue weighted by Gasteiger charge is -2.07. The maximum Gasteiger partial charge on any atom is 0.387 e. The fraction of sp³-hybridized carbons (Fsp3) is 0.0833. The largest absolute Gasteiger partial charge is 0.435 e. The number of aromatic nitrogens is 2. The molecule has 1 N–H and O–H groups in total. The highest BCUT2D eigenvalue weighted by Gasteiger charge is 2.09. The number of alkyl halides is 2. The molecule has 0 saturated heterocycles. The van der Waals surface area contributed by atoms with Gasteiger partial charge in [0.2, 0.25) is 0 Å². The topological polar surface area (TPSA) is 64.1 Å². The monoisotopic (exact) mass is 299 g/mol. The van der Waals surface area contributed by atoms with Gasteiger partial charge in [0.05, 0.1) is 12.4 Å². The molecule has 0 fully saturated rings. The predicted molar refractivity (Wildman–Crippen MR) is 68.1 cm³/mol. The molecule has 1 aromatic heterocycles. The van der Waals surface area contributed by atoms with Crippen LogP contribution in [-0.2, 0) is 0 Å². The molecule has 1 heterocycles. The van der Waals surface area contributed by atoms with Gasteiger partial charge in [-0.25, -0.2) is 4.98 Å². The fourth-order valence-corrected chi connectivity index (χ4v) is 1.51. The van der Waals surface area contributed by atoms with Crippen LogP contribution in [0.1, 0.15) is 10.5 Å². The first-order valence-electron chi connectivity index (χ1n) is 5.38. The summed E-state index contributed by atoms with van der Waals surface area (Å²) in [5.74, 6) is -0.511. The smallest absolute Gasteiger partial charge is 0.387 e. The van der Waals surface area contributed by atoms with Crippen molar-refractivity contribution in [3.05, 3.63) is 47.5 Å². The number of nitrogens with zero attached hydrogens (tertiary/aromatic N) is 2. The predicted octanol–water partition coefficient (Wildman–Crippen LogP) is 2.98. The fourth-order valence-electron chi connectivity index (χ4n) is 1.37. The summed E-state index contributed by atoms with van der Waals surface area (Å²) in [6.45, 7) is -2.89. The summed E-state index contributed by atoms with van der Waals surface area (Å²) in [7, 11) is 0. The van der Waals surface area contributed by atoms with Gasteiger partial charge in [-0.3, -0.25) is 9.78 Å². The lowest BCUT2D eigenvalue weighted by atomic mass is 10.3. The summed E-state index contributed by atoms with van der Waals surface area (Å²) >= 11 is 5.62. The summed E-state index contributed by atoms with van der Waals surface area (Å²) in [4.78, 5) is 19.3. The van der Waals surface area contributed by atoms with Gasteiger partial charge in [-0.05, 0) is 24.3 Å². The number of benzene rings is 1. The molecular formula is C12H8ClF2N3O2. The van der Waals surface area contributed by atoms with Gasteiger partial charge >= 0.3 is 6.61 Å². The average Bonchev–Trinajstić information content (AvgIpc) is 2.40. The number of halogens is 3. The van der Waals surface area contributed by atoms with Crippen molar-refractivity contribution in [2.24, 2.45) is 0 Å². The van der Waals surface area contributed by atoms with E-state index in [1.54, 1.807) is 0 Å². The molecule has 1 amide bonds. The molecule has 0 aliphatic rings. The standard InChI is InChI=1S/C12H8ClF2N3O2/c13-10-6-16-5-9(18-10)11(19)17-7-1-3-8(4-2-7)20-12(14)15/h1-6,12H,(H,17,19). The van der Waals surface area contributed by atoms with E-state index in [4.69, 9.17) is 11.6 Å². The number of carbonyl (C=O) groups excluding carboxylic acids is 1. The molecule has 1 aromatic carbocycles. The van der Waals surface area contributed by atoms with Gasteiger partial charge in [-0.1, -0.05) is 11.6 Å². The van der Waals surface area contributed by atoms with E-state index in [0.717, 1.165) is 0 Å². The Hall–Kier alpha value is -2.28. The van der Waals surface area contributed by atoms with Gasteiger partial charge in [0.25, 0.3) is 5.91 Å². The highest BCUT2D eigenvalue weighted by molar-refractivity contribution is 6.29. The van der Waals surface area contributed by atoms with Crippen molar-refractivity contribution >= 4 is 23.2 Å². The zero-order valence-electron chi connectivity index (χ0n) is 9.89. The Morgan fingerprint density at radius 1 is 1.25 bits per heavy atom. The minimum atomic E-state index is -2.89. The van der Waals surface area contributed by atoms with E-state index in [2.05, 4.69) is 20.0 Å². The lowest BCUT2D eigenvalue weighted by Crippen LogP contribution is -2.14. The molecule has 2 rings (SSSR count). The molecule has 5 nitrogen and oxygen atoms in total. The molecule has 0 saturated carbocycles. The number of rotatable bonds is 4. The minimum Gasteiger partial charge on any atom is -0.435 e. The second kappa shape index (κ2) is 6.25. The van der Waals surface area contributed by atoms with E-state index in [0.29, 0.717) is 5.69 Å². The molecule has 0 atom stereocenters. The Labute approximate surface area is 117 Å². The van der Waals surface area contributed by atoms with Crippen LogP contribution in [0.2, 0.25) is 5.15 Å². The summed E-state index contributed by atoms with van der Waals surface area (Å²) in [5, 5.41) is 2.62. The number of hydrogen-bond acceptors (Lipinski definition) is 4. The van der Waals surface area contributed by atoms with Crippen LogP contribution in [0, 0.1) is 0 Å². The van der Waals surface area contributed by atoms with E-state index in [1.807, 2.05) is 0 Å². The third kappa shape index (κ3) is 3.86. The van der Waals surface area contributed by atoms with Crippen molar-refractivity contribution in [2.75, 3.05) is 5.32 Å². The maximum absolute atomic E-state index is 12.0. The van der Waals surface area contributed by atoms with Gasteiger partial charge in [-0.15, -0.1) is 0 Å². The second-order valence-electron chi connectivity index (χ2n) is 3.58. The van der Waals surface area contributed by atoms with Gasteiger partial charge in [-0.2, -0.15) is 8.78 Å². The van der Waals surface area contributed by atoms with E-state index in [1.165, 1.54) is 36.7 Å². The van der Waals surface area contributed by atoms with Crippen LogP contribution in [0.4, 0.5) is 14.5 Å². The minimum absolute atomic E-state index is 0.000506. The number of carbonyl (C=O) groups is 1. The van der Waals surface area contributed by atoms with E-state index in [-0.39, 0.29) is 16.6 Å². The zero-order chi connectivity index (χ0) is 14.5. The normalized spacial score (nSPS) is 10.4. The van der Waals surface area contributed by atoms with Crippen LogP contribution in [0.15, 0.2) is 36.7 Å². The summed E-state index contributed by atoms with van der Waals surface area (Å²) in [5.41, 5.74) is 0.448. The second-order valence-corrected chi connectivity index (χ2v) is 3.97. The first-order valence-corrected chi connectivity index (χ1v) is 5.76. The third-order valence-corrected chi connectivity index (χ3v) is 2.36. The highest BCUT2D eigenvalue weighted by Crippen LogP contribution is 2.18. The molecule has 2 aromatic rings. The van der Waals surface area contributed by atoms with Crippen LogP contribution in [0.25, 0.3) is 0 Å². The van der Waals surface area contributed by atoms with Crippen LogP contribution >= 0.6 is 11.6 Å². The summed E-state index contributed by atoms with van der Waals surface area (Å²) < 4.78 is 28.1. The zero-order valence-corrected chi connectivity index (χ0v) is 10.6. The number of amides is 1. The van der Waals surface area contributed by atoms with Crippen molar-refractivity contribution in [3.63, 3.8) is 0 Å². The number of ether oxygens (including phenoxy) is 1. The van der Waals surface area contributed by atoms with Gasteiger partial charge in [0.1, 0.15) is 16.6 Å². The molecule has 0 aliphatic heterocycles. The Morgan fingerprint density at radius 2 is 1.95 bits per heavy atom. The van der Waals surface area contributed by atoms with E-state index >= 15 is 0 Å². The Kier molecular flexibility index (Phi) is 4.41. The molecule has 8 heteroatoms. The van der Waals surface area contributed by atoms with E-state index < -0.39 is 12.5 Å². The van der Waals surface area contributed by atoms with Crippen LogP contribution < -0.4 is 10.1 Å². The molecule has 0 aliphatic carbocycles. The quantitative estimate of drug-likeness (QED) is 0.942. The van der Waals surface area contributed by atoms with Crippen LogP contribution in [0.5, 0.6) is 5.75 Å². The lowest BCUT2D eigenvalue weighted by molar-refractivity contribution is -0.0498. The SMILES string of the molecule is O=C(Nc1ccc(OC(F)F)cc1)c1cncc(Cl)n1. The van der Waals surface area contributed by atoms with Crippen LogP contribution in [-0.4, -0.2) is 22.5 Å². The number of hydrogen-bond donors (Lipinski definition) is 1. The summed E-state index contributed by atoms with van der Waals surface area (Å²) in [6, 6.07) is 5.47. The highest BCUT2D eigenvalue weighted by atomic mass is 35.5. The summed E-state index contributed by atoms with van der Waals surface area (Å²) in [6.07, 6.45) is 2.56. The van der Waals surface area contributed by atoms with Crippen molar-refractivity contribution in [1.29, 1.82) is 0 Å². The first-order chi connectivity index (χ1) is 9.54. The molecule has 0 bridgehead atoms. The Bertz CT molecular complexity index is 608. The number of nitrogens with one attached hydrogen (secondary N) is 1. The molecule has 104 valence electrons. The molecule has 20 heavy (non-hydrogen) atoms. The maximum atomic E-state index is 12.0. The first kappa shape index (κ1) is 14.1. The van der Waals surface area contributed by atoms with Gasteiger partial charge in [0, 0.05) is 5.69 Å². The van der Waals surface area contributed by atoms with Crippen molar-refractivity contribution in [1.82, 2.24) is 9.97 Å². The molecule has 0 unspecified atom stereocenters. The molecular weight excluding hydrogens is 292 g/mol. The third-order valence-electron chi connectivity index (χ3n) is 2.18. The van der Waals surface area contributed by atoms with Crippen molar-refractivity contribution in [3.8, 4) is 5.75 Å². The Morgan fingerprint density at radius 3 is 2.55 bits per heavy atom. The van der Waals surface area contributed by atoms with Gasteiger partial charge < -0.3 is 10.1 Å². The van der Waals surface area contributed by atoms with Crippen molar-refractivity contribution < 1.29 is 18.3 Å².